The Balaban J connectivity index is 1.68. The van der Waals surface area contributed by atoms with Crippen molar-refractivity contribution in [3.8, 4) is 0 Å². The molecule has 0 radical (unpaired) electrons. The molecule has 1 aliphatic rings. The topological polar surface area (TPSA) is 38.9 Å². The second-order valence-corrected chi connectivity index (χ2v) is 5.40. The third-order valence-electron chi connectivity index (χ3n) is 3.92. The fourth-order valence-corrected chi connectivity index (χ4v) is 2.85. The van der Waals surface area contributed by atoms with Gasteiger partial charge in [-0.15, -0.1) is 0 Å². The highest BCUT2D eigenvalue weighted by Gasteiger charge is 2.14. The zero-order valence-corrected chi connectivity index (χ0v) is 10.6. The number of nitrogens with two attached hydrogens (primary N) is 1. The molecule has 1 aliphatic carbocycles. The second kappa shape index (κ2) is 6.75. The summed E-state index contributed by atoms with van der Waals surface area (Å²) in [5.74, 6) is 0.951. The lowest BCUT2D eigenvalue weighted by Crippen LogP contribution is -2.24. The molecular weight excluding hydrogens is 208 g/mol. The van der Waals surface area contributed by atoms with Gasteiger partial charge in [-0.25, -0.2) is 0 Å². The monoisotopic (exact) mass is 232 g/mol. The molecule has 2 N–H and O–H groups in total. The van der Waals surface area contributed by atoms with Gasteiger partial charge in [0.15, 0.2) is 0 Å². The van der Waals surface area contributed by atoms with E-state index >= 15 is 0 Å². The molecule has 1 aromatic rings. The van der Waals surface area contributed by atoms with E-state index in [2.05, 4.69) is 17.1 Å². The molecule has 1 fully saturated rings. The van der Waals surface area contributed by atoms with Crippen LogP contribution in [0.3, 0.4) is 0 Å². The third-order valence-corrected chi connectivity index (χ3v) is 3.92. The van der Waals surface area contributed by atoms with Gasteiger partial charge < -0.3 is 5.73 Å². The molecule has 17 heavy (non-hydrogen) atoms. The molecule has 0 saturated heterocycles. The van der Waals surface area contributed by atoms with Crippen molar-refractivity contribution in [2.45, 2.75) is 57.4 Å². The van der Waals surface area contributed by atoms with Crippen molar-refractivity contribution in [2.75, 3.05) is 0 Å². The van der Waals surface area contributed by atoms with Gasteiger partial charge in [0.25, 0.3) is 0 Å². The summed E-state index contributed by atoms with van der Waals surface area (Å²) in [7, 11) is 0. The van der Waals surface area contributed by atoms with Crippen molar-refractivity contribution >= 4 is 0 Å². The molecule has 2 heteroatoms. The minimum absolute atomic E-state index is 0.319. The second-order valence-electron chi connectivity index (χ2n) is 5.40. The third kappa shape index (κ3) is 4.47. The Hall–Kier alpha value is -0.890. The first-order chi connectivity index (χ1) is 8.34. The first kappa shape index (κ1) is 12.6. The lowest BCUT2D eigenvalue weighted by atomic mass is 9.85. The molecular formula is C15H24N2. The molecule has 0 amide bonds. The highest BCUT2D eigenvalue weighted by Crippen LogP contribution is 2.27. The van der Waals surface area contributed by atoms with Gasteiger partial charge in [0, 0.05) is 18.4 Å². The molecule has 0 spiro atoms. The van der Waals surface area contributed by atoms with Crippen LogP contribution in [-0.2, 0) is 6.42 Å². The summed E-state index contributed by atoms with van der Waals surface area (Å²) in [6.45, 7) is 0. The Morgan fingerprint density at radius 3 is 2.59 bits per heavy atom. The van der Waals surface area contributed by atoms with Crippen molar-refractivity contribution in [1.82, 2.24) is 4.98 Å². The van der Waals surface area contributed by atoms with Gasteiger partial charge in [0.05, 0.1) is 0 Å². The van der Waals surface area contributed by atoms with E-state index in [-0.39, 0.29) is 0 Å². The fourth-order valence-electron chi connectivity index (χ4n) is 2.85. The van der Waals surface area contributed by atoms with Crippen molar-refractivity contribution in [3.05, 3.63) is 30.1 Å². The minimum atomic E-state index is 0.319. The van der Waals surface area contributed by atoms with E-state index in [9.17, 15) is 0 Å². The molecule has 0 bridgehead atoms. The summed E-state index contributed by atoms with van der Waals surface area (Å²) in [5, 5.41) is 0. The first-order valence-electron chi connectivity index (χ1n) is 6.99. The Labute approximate surface area is 105 Å². The number of pyridine rings is 1. The summed E-state index contributed by atoms with van der Waals surface area (Å²) in [4.78, 5) is 4.03. The van der Waals surface area contributed by atoms with Gasteiger partial charge >= 0.3 is 0 Å². The van der Waals surface area contributed by atoms with Crippen LogP contribution in [0.15, 0.2) is 24.5 Å². The van der Waals surface area contributed by atoms with Crippen LogP contribution in [0.4, 0.5) is 0 Å². The van der Waals surface area contributed by atoms with Crippen LogP contribution in [0.5, 0.6) is 0 Å². The van der Waals surface area contributed by atoms with Crippen molar-refractivity contribution in [1.29, 1.82) is 0 Å². The van der Waals surface area contributed by atoms with Gasteiger partial charge in [-0.2, -0.15) is 0 Å². The van der Waals surface area contributed by atoms with Gasteiger partial charge in [-0.05, 0) is 42.9 Å². The lowest BCUT2D eigenvalue weighted by Gasteiger charge is -2.22. The van der Waals surface area contributed by atoms with Crippen LogP contribution in [0.2, 0.25) is 0 Å². The number of hydrogen-bond acceptors (Lipinski definition) is 2. The van der Waals surface area contributed by atoms with Crippen molar-refractivity contribution in [2.24, 2.45) is 11.7 Å². The predicted octanol–water partition coefficient (Wildman–Crippen LogP) is 3.31. The van der Waals surface area contributed by atoms with Crippen molar-refractivity contribution < 1.29 is 0 Å². The smallest absolute Gasteiger partial charge is 0.0270 e. The quantitative estimate of drug-likeness (QED) is 0.846. The van der Waals surface area contributed by atoms with Crippen LogP contribution in [0.25, 0.3) is 0 Å². The number of nitrogens with zero attached hydrogens (tertiary/aromatic N) is 1. The largest absolute Gasteiger partial charge is 0.327 e. The summed E-state index contributed by atoms with van der Waals surface area (Å²) in [5.41, 5.74) is 7.52. The predicted molar refractivity (Wildman–Crippen MR) is 71.7 cm³/mol. The number of hydrogen-bond donors (Lipinski definition) is 1. The number of rotatable bonds is 5. The highest BCUT2D eigenvalue weighted by molar-refractivity contribution is 5.11. The normalized spacial score (nSPS) is 19.1. The molecule has 94 valence electrons. The zero-order chi connectivity index (χ0) is 11.9. The molecule has 1 heterocycles. The Kier molecular flexibility index (Phi) is 4.99. The van der Waals surface area contributed by atoms with E-state index in [0.29, 0.717) is 6.04 Å². The molecule has 0 aliphatic heterocycles. The van der Waals surface area contributed by atoms with Crippen LogP contribution in [0, 0.1) is 5.92 Å². The van der Waals surface area contributed by atoms with E-state index in [4.69, 9.17) is 5.73 Å². The maximum absolute atomic E-state index is 6.20. The van der Waals surface area contributed by atoms with Crippen molar-refractivity contribution in [3.63, 3.8) is 0 Å². The summed E-state index contributed by atoms with van der Waals surface area (Å²) < 4.78 is 0. The average Bonchev–Trinajstić information content (AvgIpc) is 2.39. The summed E-state index contributed by atoms with van der Waals surface area (Å²) in [6.07, 6.45) is 14.4. The molecule has 1 saturated carbocycles. The maximum Gasteiger partial charge on any atom is 0.0270 e. The first-order valence-corrected chi connectivity index (χ1v) is 6.99. The Bertz CT molecular complexity index is 304. The zero-order valence-electron chi connectivity index (χ0n) is 10.6. The molecule has 2 rings (SSSR count). The maximum atomic E-state index is 6.20. The van der Waals surface area contributed by atoms with E-state index in [1.165, 1.54) is 50.5 Å². The van der Waals surface area contributed by atoms with Crippen LogP contribution in [0.1, 0.15) is 50.5 Å². The van der Waals surface area contributed by atoms with Crippen LogP contribution in [-0.4, -0.2) is 11.0 Å². The molecule has 1 atom stereocenters. The van der Waals surface area contributed by atoms with E-state index in [0.717, 1.165) is 12.3 Å². The SMILES string of the molecule is NC(CCC1CCCCC1)Cc1ccncc1. The fraction of sp³-hybridized carbons (Fsp3) is 0.667. The lowest BCUT2D eigenvalue weighted by molar-refractivity contribution is 0.323. The standard InChI is InChI=1S/C15H24N2/c16-15(12-14-8-10-17-11-9-14)7-6-13-4-2-1-3-5-13/h8-11,13,15H,1-7,12,16H2. The molecule has 0 aromatic carbocycles. The highest BCUT2D eigenvalue weighted by atomic mass is 14.6. The molecule has 1 unspecified atom stereocenters. The summed E-state index contributed by atoms with van der Waals surface area (Å²) >= 11 is 0. The van der Waals surface area contributed by atoms with E-state index in [1.54, 1.807) is 0 Å². The minimum Gasteiger partial charge on any atom is -0.327 e. The average molecular weight is 232 g/mol. The van der Waals surface area contributed by atoms with E-state index in [1.807, 2.05) is 12.4 Å². The Morgan fingerprint density at radius 2 is 1.88 bits per heavy atom. The molecule has 1 aromatic heterocycles. The number of aromatic nitrogens is 1. The molecule has 2 nitrogen and oxygen atoms in total. The van der Waals surface area contributed by atoms with Gasteiger partial charge in [-0.3, -0.25) is 4.98 Å². The van der Waals surface area contributed by atoms with Gasteiger partial charge in [0.1, 0.15) is 0 Å². The van der Waals surface area contributed by atoms with Gasteiger partial charge in [0.2, 0.25) is 0 Å². The van der Waals surface area contributed by atoms with Crippen LogP contribution >= 0.6 is 0 Å². The van der Waals surface area contributed by atoms with Crippen LogP contribution < -0.4 is 5.73 Å². The Morgan fingerprint density at radius 1 is 1.18 bits per heavy atom. The summed E-state index contributed by atoms with van der Waals surface area (Å²) in [6, 6.07) is 4.46. The van der Waals surface area contributed by atoms with Gasteiger partial charge in [-0.1, -0.05) is 32.1 Å². The van der Waals surface area contributed by atoms with E-state index < -0.39 is 0 Å².